The Morgan fingerprint density at radius 3 is 2.95 bits per heavy atom. The Bertz CT molecular complexity index is 602. The van der Waals surface area contributed by atoms with Crippen LogP contribution in [0.25, 0.3) is 5.69 Å². The van der Waals surface area contributed by atoms with Gasteiger partial charge in [-0.25, -0.2) is 9.07 Å². The SMILES string of the molecule is O=[N+]([O-])c1ccc(F)c(-n2cc(CCCCl)nn2)c1. The minimum Gasteiger partial charge on any atom is -0.258 e. The summed E-state index contributed by atoms with van der Waals surface area (Å²) in [5.74, 6) is -0.0997. The summed E-state index contributed by atoms with van der Waals surface area (Å²) in [6.45, 7) is 0. The highest BCUT2D eigenvalue weighted by Crippen LogP contribution is 2.20. The molecule has 0 radical (unpaired) electrons. The number of benzene rings is 1. The van der Waals surface area contributed by atoms with Crippen LogP contribution >= 0.6 is 11.6 Å². The van der Waals surface area contributed by atoms with E-state index in [9.17, 15) is 14.5 Å². The summed E-state index contributed by atoms with van der Waals surface area (Å²) in [7, 11) is 0. The van der Waals surface area contributed by atoms with E-state index in [2.05, 4.69) is 10.3 Å². The molecular weight excluding hydrogens is 275 g/mol. The van der Waals surface area contributed by atoms with E-state index in [1.807, 2.05) is 0 Å². The summed E-state index contributed by atoms with van der Waals surface area (Å²) in [5, 5.41) is 18.3. The Morgan fingerprint density at radius 2 is 2.26 bits per heavy atom. The molecule has 0 aliphatic carbocycles. The van der Waals surface area contributed by atoms with Gasteiger partial charge >= 0.3 is 0 Å². The number of nitro benzene ring substituents is 1. The van der Waals surface area contributed by atoms with Gasteiger partial charge in [0.2, 0.25) is 0 Å². The Hall–Kier alpha value is -2.02. The average Bonchev–Trinajstić information content (AvgIpc) is 2.85. The first kappa shape index (κ1) is 13.4. The van der Waals surface area contributed by atoms with Gasteiger partial charge in [0, 0.05) is 18.0 Å². The number of non-ortho nitro benzene ring substituents is 1. The summed E-state index contributed by atoms with van der Waals surface area (Å²) in [5.41, 5.74) is 0.458. The molecule has 2 aromatic rings. The third kappa shape index (κ3) is 3.05. The van der Waals surface area contributed by atoms with Crippen molar-refractivity contribution in [1.29, 1.82) is 0 Å². The zero-order valence-corrected chi connectivity index (χ0v) is 10.5. The number of nitro groups is 1. The van der Waals surface area contributed by atoms with E-state index in [1.165, 1.54) is 10.9 Å². The fourth-order valence-corrected chi connectivity index (χ4v) is 1.70. The van der Waals surface area contributed by atoms with Crippen molar-refractivity contribution >= 4 is 17.3 Å². The van der Waals surface area contributed by atoms with Crippen molar-refractivity contribution in [3.05, 3.63) is 46.0 Å². The van der Waals surface area contributed by atoms with E-state index in [-0.39, 0.29) is 11.4 Å². The zero-order valence-electron chi connectivity index (χ0n) is 9.79. The topological polar surface area (TPSA) is 73.8 Å². The first-order valence-corrected chi connectivity index (χ1v) is 6.07. The summed E-state index contributed by atoms with van der Waals surface area (Å²) in [4.78, 5) is 10.1. The maximum Gasteiger partial charge on any atom is 0.271 e. The lowest BCUT2D eigenvalue weighted by atomic mass is 10.2. The first-order chi connectivity index (χ1) is 9.11. The summed E-state index contributed by atoms with van der Waals surface area (Å²) < 4.78 is 14.8. The molecule has 0 unspecified atom stereocenters. The zero-order chi connectivity index (χ0) is 13.8. The molecule has 8 heteroatoms. The van der Waals surface area contributed by atoms with Crippen LogP contribution in [0.3, 0.4) is 0 Å². The second-order valence-electron chi connectivity index (χ2n) is 3.84. The molecule has 19 heavy (non-hydrogen) atoms. The van der Waals surface area contributed by atoms with Crippen molar-refractivity contribution in [2.75, 3.05) is 5.88 Å². The van der Waals surface area contributed by atoms with Gasteiger partial charge in [0.1, 0.15) is 11.5 Å². The highest BCUT2D eigenvalue weighted by Gasteiger charge is 2.13. The van der Waals surface area contributed by atoms with Crippen LogP contribution in [0.4, 0.5) is 10.1 Å². The second-order valence-corrected chi connectivity index (χ2v) is 4.22. The van der Waals surface area contributed by atoms with E-state index >= 15 is 0 Å². The molecule has 0 amide bonds. The van der Waals surface area contributed by atoms with E-state index in [0.717, 1.165) is 24.6 Å². The van der Waals surface area contributed by atoms with E-state index in [4.69, 9.17) is 11.6 Å². The number of halogens is 2. The van der Waals surface area contributed by atoms with Gasteiger partial charge in [-0.05, 0) is 18.9 Å². The molecular formula is C11H10ClFN4O2. The van der Waals surface area contributed by atoms with Crippen molar-refractivity contribution in [1.82, 2.24) is 15.0 Å². The Labute approximate surface area is 113 Å². The van der Waals surface area contributed by atoms with E-state index in [0.29, 0.717) is 18.0 Å². The molecule has 1 heterocycles. The van der Waals surface area contributed by atoms with Crippen molar-refractivity contribution in [3.8, 4) is 5.69 Å². The molecule has 0 atom stereocenters. The summed E-state index contributed by atoms with van der Waals surface area (Å²) in [6.07, 6.45) is 2.90. The minimum absolute atomic E-state index is 0.00109. The van der Waals surface area contributed by atoms with Gasteiger partial charge in [-0.15, -0.1) is 16.7 Å². The summed E-state index contributed by atoms with van der Waals surface area (Å²) in [6, 6.07) is 3.26. The van der Waals surface area contributed by atoms with Crippen molar-refractivity contribution in [2.24, 2.45) is 0 Å². The molecule has 0 spiro atoms. The van der Waals surface area contributed by atoms with Crippen LogP contribution in [0.2, 0.25) is 0 Å². The lowest BCUT2D eigenvalue weighted by Gasteiger charge is -2.01. The van der Waals surface area contributed by atoms with Crippen LogP contribution in [0.15, 0.2) is 24.4 Å². The number of aromatic nitrogens is 3. The predicted molar refractivity (Wildman–Crippen MR) is 67.0 cm³/mol. The monoisotopic (exact) mass is 284 g/mol. The molecule has 0 saturated heterocycles. The van der Waals surface area contributed by atoms with Gasteiger partial charge in [-0.2, -0.15) is 0 Å². The van der Waals surface area contributed by atoms with Gasteiger partial charge in [0.25, 0.3) is 5.69 Å². The van der Waals surface area contributed by atoms with E-state index < -0.39 is 10.7 Å². The lowest BCUT2D eigenvalue weighted by molar-refractivity contribution is -0.384. The van der Waals surface area contributed by atoms with Crippen LogP contribution in [0.1, 0.15) is 12.1 Å². The third-order valence-electron chi connectivity index (χ3n) is 2.49. The number of rotatable bonds is 5. The van der Waals surface area contributed by atoms with Crippen LogP contribution < -0.4 is 0 Å². The maximum atomic E-state index is 13.6. The number of hydrogen-bond donors (Lipinski definition) is 0. The molecule has 0 bridgehead atoms. The number of aryl methyl sites for hydroxylation is 1. The smallest absolute Gasteiger partial charge is 0.258 e. The van der Waals surface area contributed by atoms with Gasteiger partial charge < -0.3 is 0 Å². The lowest BCUT2D eigenvalue weighted by Crippen LogP contribution is -2.00. The normalized spacial score (nSPS) is 10.6. The molecule has 100 valence electrons. The number of alkyl halides is 1. The predicted octanol–water partition coefficient (Wildman–Crippen LogP) is 2.49. The van der Waals surface area contributed by atoms with Crippen LogP contribution in [0.5, 0.6) is 0 Å². The quantitative estimate of drug-likeness (QED) is 0.480. The number of nitrogens with zero attached hydrogens (tertiary/aromatic N) is 4. The maximum absolute atomic E-state index is 13.6. The third-order valence-corrected chi connectivity index (χ3v) is 2.76. The average molecular weight is 285 g/mol. The Balaban J connectivity index is 2.32. The molecule has 0 saturated carbocycles. The van der Waals surface area contributed by atoms with Gasteiger partial charge in [0.15, 0.2) is 0 Å². The van der Waals surface area contributed by atoms with Gasteiger partial charge in [-0.3, -0.25) is 10.1 Å². The second kappa shape index (κ2) is 5.75. The number of hydrogen-bond acceptors (Lipinski definition) is 4. The molecule has 1 aromatic carbocycles. The molecule has 0 fully saturated rings. The summed E-state index contributed by atoms with van der Waals surface area (Å²) >= 11 is 5.57. The van der Waals surface area contributed by atoms with Crippen LogP contribution in [-0.2, 0) is 6.42 Å². The largest absolute Gasteiger partial charge is 0.271 e. The van der Waals surface area contributed by atoms with Gasteiger partial charge in [-0.1, -0.05) is 5.21 Å². The Kier molecular flexibility index (Phi) is 4.06. The van der Waals surface area contributed by atoms with Crippen molar-refractivity contribution < 1.29 is 9.31 Å². The van der Waals surface area contributed by atoms with Crippen LogP contribution in [0, 0.1) is 15.9 Å². The highest BCUT2D eigenvalue weighted by atomic mass is 35.5. The fraction of sp³-hybridized carbons (Fsp3) is 0.273. The van der Waals surface area contributed by atoms with Crippen LogP contribution in [-0.4, -0.2) is 25.8 Å². The molecule has 2 rings (SSSR count). The molecule has 1 aromatic heterocycles. The van der Waals surface area contributed by atoms with E-state index in [1.54, 1.807) is 0 Å². The van der Waals surface area contributed by atoms with Gasteiger partial charge in [0.05, 0.1) is 16.8 Å². The first-order valence-electron chi connectivity index (χ1n) is 5.53. The standard InChI is InChI=1S/C11H10ClFN4O2/c12-5-1-2-8-7-16(15-14-8)11-6-9(17(18)19)3-4-10(11)13/h3-4,6-7H,1-2,5H2. The minimum atomic E-state index is -0.598. The molecule has 6 nitrogen and oxygen atoms in total. The molecule has 0 aliphatic rings. The Morgan fingerprint density at radius 1 is 1.47 bits per heavy atom. The van der Waals surface area contributed by atoms with Crippen molar-refractivity contribution in [3.63, 3.8) is 0 Å². The van der Waals surface area contributed by atoms with Crippen molar-refractivity contribution in [2.45, 2.75) is 12.8 Å². The molecule has 0 aliphatic heterocycles. The molecule has 0 N–H and O–H groups in total. The fourth-order valence-electron chi connectivity index (χ4n) is 1.57. The highest BCUT2D eigenvalue weighted by molar-refractivity contribution is 6.17.